The van der Waals surface area contributed by atoms with Gasteiger partial charge in [0, 0.05) is 13.0 Å². The molecule has 0 spiro atoms. The van der Waals surface area contributed by atoms with Gasteiger partial charge in [-0.1, -0.05) is 72.5 Å². The summed E-state index contributed by atoms with van der Waals surface area (Å²) in [7, 11) is 1.91. The van der Waals surface area contributed by atoms with Crippen molar-refractivity contribution >= 4 is 0 Å². The number of aliphatic hydroxyl groups excluding tert-OH is 1. The molecule has 23 heavy (non-hydrogen) atoms. The van der Waals surface area contributed by atoms with E-state index in [2.05, 4.69) is 11.8 Å². The van der Waals surface area contributed by atoms with Crippen LogP contribution in [0.15, 0.2) is 60.7 Å². The Kier molecular flexibility index (Phi) is 6.37. The monoisotopic (exact) mass is 309 g/mol. The summed E-state index contributed by atoms with van der Waals surface area (Å²) in [6.07, 6.45) is 0.327. The van der Waals surface area contributed by atoms with Crippen LogP contribution in [0.3, 0.4) is 0 Å². The summed E-state index contributed by atoms with van der Waals surface area (Å²) in [5, 5.41) is 20.2. The van der Waals surface area contributed by atoms with Crippen LogP contribution in [0.4, 0.5) is 0 Å². The average molecular weight is 309 g/mol. The summed E-state index contributed by atoms with van der Waals surface area (Å²) in [4.78, 5) is 1.94. The number of rotatable bonds is 6. The number of aliphatic hydroxyl groups is 2. The second-order valence-corrected chi connectivity index (χ2v) is 5.58. The minimum atomic E-state index is -1.12. The van der Waals surface area contributed by atoms with Crippen molar-refractivity contribution < 1.29 is 10.2 Å². The highest BCUT2D eigenvalue weighted by molar-refractivity contribution is 5.37. The van der Waals surface area contributed by atoms with E-state index in [1.54, 1.807) is 0 Å². The van der Waals surface area contributed by atoms with Crippen LogP contribution in [0, 0.1) is 11.8 Å². The highest BCUT2D eigenvalue weighted by atomic mass is 16.3. The number of hydrogen-bond acceptors (Lipinski definition) is 3. The van der Waals surface area contributed by atoms with Crippen molar-refractivity contribution in [3.8, 4) is 11.8 Å². The molecular weight excluding hydrogens is 286 g/mol. The molecule has 0 heterocycles. The van der Waals surface area contributed by atoms with Crippen molar-refractivity contribution in [1.82, 2.24) is 4.90 Å². The van der Waals surface area contributed by atoms with E-state index in [0.29, 0.717) is 19.5 Å². The van der Waals surface area contributed by atoms with Crippen molar-refractivity contribution in [1.29, 1.82) is 0 Å². The Bertz CT molecular complexity index is 604. The molecule has 0 radical (unpaired) electrons. The highest BCUT2D eigenvalue weighted by Crippen LogP contribution is 2.32. The number of hydrogen-bond donors (Lipinski definition) is 2. The van der Waals surface area contributed by atoms with Crippen molar-refractivity contribution in [2.45, 2.75) is 12.0 Å². The van der Waals surface area contributed by atoms with Crippen molar-refractivity contribution in [3.63, 3.8) is 0 Å². The lowest BCUT2D eigenvalue weighted by Gasteiger charge is -2.27. The molecule has 0 aliphatic rings. The van der Waals surface area contributed by atoms with Crippen LogP contribution < -0.4 is 0 Å². The summed E-state index contributed by atoms with van der Waals surface area (Å²) in [5.41, 5.74) is 0.554. The smallest absolute Gasteiger partial charge is 0.125 e. The van der Waals surface area contributed by atoms with E-state index < -0.39 is 5.60 Å². The molecule has 0 saturated heterocycles. The third kappa shape index (κ3) is 4.67. The van der Waals surface area contributed by atoms with Gasteiger partial charge in [-0.15, -0.1) is 0 Å². The molecule has 120 valence electrons. The summed E-state index contributed by atoms with van der Waals surface area (Å²) >= 11 is 0. The van der Waals surface area contributed by atoms with Crippen LogP contribution in [0.2, 0.25) is 0 Å². The van der Waals surface area contributed by atoms with E-state index in [0.717, 1.165) is 11.1 Å². The van der Waals surface area contributed by atoms with E-state index in [4.69, 9.17) is 5.11 Å². The maximum Gasteiger partial charge on any atom is 0.125 e. The van der Waals surface area contributed by atoms with Gasteiger partial charge in [-0.2, -0.15) is 0 Å². The van der Waals surface area contributed by atoms with Gasteiger partial charge in [0.15, 0.2) is 0 Å². The second-order valence-electron chi connectivity index (χ2n) is 5.58. The molecule has 0 unspecified atom stereocenters. The molecule has 0 fully saturated rings. The van der Waals surface area contributed by atoms with Gasteiger partial charge in [0.1, 0.15) is 5.60 Å². The average Bonchev–Trinajstić information content (AvgIpc) is 2.60. The SMILES string of the molecule is CN(CC#CCC(O)(c1ccccc1)c1ccccc1)CCO. The minimum absolute atomic E-state index is 0.121. The Morgan fingerprint density at radius 2 is 1.43 bits per heavy atom. The Hall–Kier alpha value is -2.12. The first-order valence-electron chi connectivity index (χ1n) is 7.75. The summed E-state index contributed by atoms with van der Waals surface area (Å²) < 4.78 is 0. The predicted octanol–water partition coefficient (Wildman–Crippen LogP) is 2.24. The predicted molar refractivity (Wildman–Crippen MR) is 92.9 cm³/mol. The minimum Gasteiger partial charge on any atom is -0.395 e. The van der Waals surface area contributed by atoms with Gasteiger partial charge >= 0.3 is 0 Å². The summed E-state index contributed by atoms with van der Waals surface area (Å²) in [6.45, 7) is 1.28. The molecule has 0 amide bonds. The Morgan fingerprint density at radius 3 is 1.91 bits per heavy atom. The fraction of sp³-hybridized carbons (Fsp3) is 0.300. The Labute approximate surface area is 138 Å². The standard InChI is InChI=1S/C20H23NO2/c1-21(16-17-22)15-9-8-14-20(23,18-10-4-2-5-11-18)19-12-6-3-7-13-19/h2-7,10-13,22-23H,14-17H2,1H3. The molecule has 2 aromatic carbocycles. The van der Waals surface area contributed by atoms with Crippen molar-refractivity contribution in [3.05, 3.63) is 71.8 Å². The van der Waals surface area contributed by atoms with Crippen molar-refractivity contribution in [2.75, 3.05) is 26.7 Å². The van der Waals surface area contributed by atoms with Crippen LogP contribution in [-0.2, 0) is 5.60 Å². The van der Waals surface area contributed by atoms with Crippen LogP contribution in [-0.4, -0.2) is 41.9 Å². The van der Waals surface area contributed by atoms with Gasteiger partial charge in [-0.25, -0.2) is 0 Å². The van der Waals surface area contributed by atoms with E-state index in [9.17, 15) is 5.11 Å². The van der Waals surface area contributed by atoms with E-state index in [-0.39, 0.29) is 6.61 Å². The van der Waals surface area contributed by atoms with Gasteiger partial charge in [0.2, 0.25) is 0 Å². The largest absolute Gasteiger partial charge is 0.395 e. The molecular formula is C20H23NO2. The zero-order chi connectivity index (χ0) is 16.5. The molecule has 2 aromatic rings. The zero-order valence-electron chi connectivity index (χ0n) is 13.4. The first-order valence-corrected chi connectivity index (χ1v) is 7.75. The van der Waals surface area contributed by atoms with Crippen LogP contribution in [0.25, 0.3) is 0 Å². The fourth-order valence-electron chi connectivity index (χ4n) is 2.43. The van der Waals surface area contributed by atoms with E-state index in [1.165, 1.54) is 0 Å². The third-order valence-corrected chi connectivity index (χ3v) is 3.80. The molecule has 0 aromatic heterocycles. The Balaban J connectivity index is 2.21. The zero-order valence-corrected chi connectivity index (χ0v) is 13.4. The summed E-state index contributed by atoms with van der Waals surface area (Å²) in [6, 6.07) is 19.3. The topological polar surface area (TPSA) is 43.7 Å². The quantitative estimate of drug-likeness (QED) is 0.804. The molecule has 2 rings (SSSR count). The molecule has 0 aliphatic heterocycles. The molecule has 3 nitrogen and oxygen atoms in total. The highest BCUT2D eigenvalue weighted by Gasteiger charge is 2.30. The maximum atomic E-state index is 11.3. The van der Waals surface area contributed by atoms with Gasteiger partial charge in [-0.3, -0.25) is 4.90 Å². The number of benzene rings is 2. The van der Waals surface area contributed by atoms with Gasteiger partial charge in [-0.05, 0) is 18.2 Å². The number of nitrogens with zero attached hydrogens (tertiary/aromatic N) is 1. The van der Waals surface area contributed by atoms with E-state index >= 15 is 0 Å². The molecule has 0 atom stereocenters. The molecule has 0 bridgehead atoms. The maximum absolute atomic E-state index is 11.3. The van der Waals surface area contributed by atoms with Crippen LogP contribution in [0.1, 0.15) is 17.5 Å². The molecule has 0 aliphatic carbocycles. The Morgan fingerprint density at radius 1 is 0.913 bits per heavy atom. The number of likely N-dealkylation sites (N-methyl/N-ethyl adjacent to an activating group) is 1. The van der Waals surface area contributed by atoms with Gasteiger partial charge in [0.25, 0.3) is 0 Å². The fourth-order valence-corrected chi connectivity index (χ4v) is 2.43. The first-order chi connectivity index (χ1) is 11.2. The van der Waals surface area contributed by atoms with Crippen LogP contribution >= 0.6 is 0 Å². The van der Waals surface area contributed by atoms with Gasteiger partial charge < -0.3 is 10.2 Å². The lowest BCUT2D eigenvalue weighted by Crippen LogP contribution is -2.27. The third-order valence-electron chi connectivity index (χ3n) is 3.80. The van der Waals surface area contributed by atoms with E-state index in [1.807, 2.05) is 72.6 Å². The lowest BCUT2D eigenvalue weighted by atomic mass is 9.84. The molecule has 0 saturated carbocycles. The first kappa shape index (κ1) is 17.2. The molecule has 2 N–H and O–H groups in total. The van der Waals surface area contributed by atoms with Crippen molar-refractivity contribution in [2.24, 2.45) is 0 Å². The lowest BCUT2D eigenvalue weighted by molar-refractivity contribution is 0.0864. The van der Waals surface area contributed by atoms with Gasteiger partial charge in [0.05, 0.1) is 13.2 Å². The summed E-state index contributed by atoms with van der Waals surface area (Å²) in [5.74, 6) is 6.16. The second kappa shape index (κ2) is 8.50. The van der Waals surface area contributed by atoms with Crippen LogP contribution in [0.5, 0.6) is 0 Å². The molecule has 3 heteroatoms. The normalized spacial score (nSPS) is 11.1.